The van der Waals surface area contributed by atoms with Crippen LogP contribution in [0.15, 0.2) is 0 Å². The van der Waals surface area contributed by atoms with E-state index in [-0.39, 0.29) is 5.91 Å². The topological polar surface area (TPSA) is 41.1 Å². The zero-order chi connectivity index (χ0) is 10.1. The molecule has 0 radical (unpaired) electrons. The molecule has 1 amide bonds. The van der Waals surface area contributed by atoms with Gasteiger partial charge in [0.15, 0.2) is 0 Å². The van der Waals surface area contributed by atoms with Crippen LogP contribution in [0.25, 0.3) is 0 Å². The first-order valence-electron chi connectivity index (χ1n) is 4.61. The summed E-state index contributed by atoms with van der Waals surface area (Å²) in [4.78, 5) is 11.2. The van der Waals surface area contributed by atoms with Crippen molar-refractivity contribution in [2.24, 2.45) is 5.92 Å². The van der Waals surface area contributed by atoms with Crippen LogP contribution in [0.1, 0.15) is 13.3 Å². The second-order valence-corrected chi connectivity index (χ2v) is 4.13. The maximum absolute atomic E-state index is 11.2. The number of hydrogen-bond acceptors (Lipinski definition) is 3. The second kappa shape index (κ2) is 8.38. The van der Waals surface area contributed by atoms with Gasteiger partial charge in [-0.05, 0) is 25.0 Å². The van der Waals surface area contributed by atoms with E-state index < -0.39 is 0 Å². The van der Waals surface area contributed by atoms with Gasteiger partial charge >= 0.3 is 0 Å². The molecule has 0 aromatic rings. The van der Waals surface area contributed by atoms with Crippen LogP contribution >= 0.6 is 11.8 Å². The van der Waals surface area contributed by atoms with Crippen LogP contribution in [0.2, 0.25) is 0 Å². The maximum atomic E-state index is 11.2. The third kappa shape index (κ3) is 8.12. The molecule has 0 aliphatic rings. The summed E-state index contributed by atoms with van der Waals surface area (Å²) in [5.41, 5.74) is 0. The van der Waals surface area contributed by atoms with Gasteiger partial charge in [-0.15, -0.1) is 0 Å². The van der Waals surface area contributed by atoms with Gasteiger partial charge in [0.25, 0.3) is 0 Å². The van der Waals surface area contributed by atoms with Crippen LogP contribution in [-0.2, 0) is 4.79 Å². The standard InChI is InChI=1S/C9H20N2OS/c1-8(7-13-3)6-11-9(12)4-5-10-2/h8,10H,4-7H2,1-3H3,(H,11,12). The highest BCUT2D eigenvalue weighted by Crippen LogP contribution is 2.02. The summed E-state index contributed by atoms with van der Waals surface area (Å²) in [6.45, 7) is 3.70. The summed E-state index contributed by atoms with van der Waals surface area (Å²) in [6.07, 6.45) is 2.65. The molecule has 0 fully saturated rings. The van der Waals surface area contributed by atoms with Gasteiger partial charge in [-0.1, -0.05) is 6.92 Å². The highest BCUT2D eigenvalue weighted by Gasteiger charge is 2.03. The summed E-state index contributed by atoms with van der Waals surface area (Å²) in [7, 11) is 1.85. The Bertz CT molecular complexity index is 142. The number of thioether (sulfide) groups is 1. The van der Waals surface area contributed by atoms with E-state index in [1.54, 1.807) is 0 Å². The van der Waals surface area contributed by atoms with Crippen molar-refractivity contribution in [1.29, 1.82) is 0 Å². The fourth-order valence-electron chi connectivity index (χ4n) is 0.958. The average Bonchev–Trinajstić information content (AvgIpc) is 2.12. The zero-order valence-electron chi connectivity index (χ0n) is 8.72. The smallest absolute Gasteiger partial charge is 0.221 e. The fourth-order valence-corrected chi connectivity index (χ4v) is 1.65. The van der Waals surface area contributed by atoms with Crippen LogP contribution in [-0.4, -0.2) is 38.1 Å². The predicted molar refractivity (Wildman–Crippen MR) is 59.1 cm³/mol. The zero-order valence-corrected chi connectivity index (χ0v) is 9.54. The van der Waals surface area contributed by atoms with Gasteiger partial charge in [0, 0.05) is 19.5 Å². The number of hydrogen-bond donors (Lipinski definition) is 2. The molecule has 0 rings (SSSR count). The number of rotatable bonds is 7. The Morgan fingerprint density at radius 3 is 2.77 bits per heavy atom. The molecule has 0 saturated heterocycles. The average molecular weight is 204 g/mol. The SMILES string of the molecule is CNCCC(=O)NCC(C)CSC. The van der Waals surface area contributed by atoms with E-state index in [1.807, 2.05) is 18.8 Å². The normalized spacial score (nSPS) is 12.5. The molecule has 3 nitrogen and oxygen atoms in total. The molecule has 0 aliphatic carbocycles. The molecule has 2 N–H and O–H groups in total. The lowest BCUT2D eigenvalue weighted by atomic mass is 10.2. The number of carbonyl (C=O) groups is 1. The molecule has 0 aromatic heterocycles. The fraction of sp³-hybridized carbons (Fsp3) is 0.889. The summed E-state index contributed by atoms with van der Waals surface area (Å²) in [6, 6.07) is 0. The van der Waals surface area contributed by atoms with Crippen LogP contribution in [0.5, 0.6) is 0 Å². The van der Waals surface area contributed by atoms with E-state index in [1.165, 1.54) is 0 Å². The van der Waals surface area contributed by atoms with Crippen molar-refractivity contribution in [3.8, 4) is 0 Å². The van der Waals surface area contributed by atoms with Gasteiger partial charge in [-0.25, -0.2) is 0 Å². The summed E-state index contributed by atoms with van der Waals surface area (Å²) in [5.74, 6) is 1.81. The molecule has 0 aliphatic heterocycles. The third-order valence-corrected chi connectivity index (χ3v) is 2.60. The van der Waals surface area contributed by atoms with Crippen LogP contribution in [0.3, 0.4) is 0 Å². The molecule has 1 unspecified atom stereocenters. The quantitative estimate of drug-likeness (QED) is 0.642. The maximum Gasteiger partial charge on any atom is 0.221 e. The lowest BCUT2D eigenvalue weighted by Gasteiger charge is -2.10. The van der Waals surface area contributed by atoms with E-state index in [0.29, 0.717) is 12.3 Å². The molecular formula is C9H20N2OS. The monoisotopic (exact) mass is 204 g/mol. The van der Waals surface area contributed by atoms with Crippen molar-refractivity contribution in [2.75, 3.05) is 32.1 Å². The molecule has 1 atom stereocenters. The molecule has 0 heterocycles. The number of amides is 1. The molecular weight excluding hydrogens is 184 g/mol. The van der Waals surface area contributed by atoms with Crippen molar-refractivity contribution in [3.05, 3.63) is 0 Å². The molecule has 0 bridgehead atoms. The predicted octanol–water partition coefficient (Wildman–Crippen LogP) is 0.711. The van der Waals surface area contributed by atoms with Crippen LogP contribution in [0, 0.1) is 5.92 Å². The van der Waals surface area contributed by atoms with Crippen molar-refractivity contribution in [3.63, 3.8) is 0 Å². The molecule has 0 spiro atoms. The van der Waals surface area contributed by atoms with Crippen LogP contribution in [0.4, 0.5) is 0 Å². The van der Waals surface area contributed by atoms with Crippen LogP contribution < -0.4 is 10.6 Å². The Morgan fingerprint density at radius 2 is 2.23 bits per heavy atom. The van der Waals surface area contributed by atoms with Gasteiger partial charge < -0.3 is 10.6 Å². The minimum absolute atomic E-state index is 0.141. The number of nitrogens with one attached hydrogen (secondary N) is 2. The first kappa shape index (κ1) is 12.8. The Labute approximate surface area is 85.0 Å². The van der Waals surface area contributed by atoms with E-state index in [0.717, 1.165) is 18.8 Å². The minimum Gasteiger partial charge on any atom is -0.356 e. The highest BCUT2D eigenvalue weighted by molar-refractivity contribution is 7.98. The van der Waals surface area contributed by atoms with Crippen molar-refractivity contribution in [1.82, 2.24) is 10.6 Å². The minimum atomic E-state index is 0.141. The Kier molecular flexibility index (Phi) is 8.24. The first-order valence-corrected chi connectivity index (χ1v) is 6.00. The summed E-state index contributed by atoms with van der Waals surface area (Å²) < 4.78 is 0. The van der Waals surface area contributed by atoms with Gasteiger partial charge in [0.2, 0.25) is 5.91 Å². The second-order valence-electron chi connectivity index (χ2n) is 3.22. The Morgan fingerprint density at radius 1 is 1.54 bits per heavy atom. The van der Waals surface area contributed by atoms with E-state index in [9.17, 15) is 4.79 Å². The summed E-state index contributed by atoms with van der Waals surface area (Å²) >= 11 is 1.82. The summed E-state index contributed by atoms with van der Waals surface area (Å²) in [5, 5.41) is 5.86. The third-order valence-electron chi connectivity index (χ3n) is 1.70. The Hall–Kier alpha value is -0.220. The van der Waals surface area contributed by atoms with Crippen molar-refractivity contribution < 1.29 is 4.79 Å². The Balaban J connectivity index is 3.34. The molecule has 78 valence electrons. The number of carbonyl (C=O) groups excluding carboxylic acids is 1. The molecule has 0 saturated carbocycles. The van der Waals surface area contributed by atoms with E-state index in [4.69, 9.17) is 0 Å². The van der Waals surface area contributed by atoms with Crippen molar-refractivity contribution in [2.45, 2.75) is 13.3 Å². The first-order chi connectivity index (χ1) is 6.20. The highest BCUT2D eigenvalue weighted by atomic mass is 32.2. The van der Waals surface area contributed by atoms with Crippen molar-refractivity contribution >= 4 is 17.7 Å². The van der Waals surface area contributed by atoms with Gasteiger partial charge in [-0.2, -0.15) is 11.8 Å². The van der Waals surface area contributed by atoms with Gasteiger partial charge in [0.05, 0.1) is 0 Å². The molecule has 13 heavy (non-hydrogen) atoms. The lowest BCUT2D eigenvalue weighted by molar-refractivity contribution is -0.121. The largest absolute Gasteiger partial charge is 0.356 e. The lowest BCUT2D eigenvalue weighted by Crippen LogP contribution is -2.30. The van der Waals surface area contributed by atoms with Gasteiger partial charge in [-0.3, -0.25) is 4.79 Å². The van der Waals surface area contributed by atoms with E-state index >= 15 is 0 Å². The van der Waals surface area contributed by atoms with E-state index in [2.05, 4.69) is 23.8 Å². The molecule has 0 aromatic carbocycles. The molecule has 4 heteroatoms. The van der Waals surface area contributed by atoms with Gasteiger partial charge in [0.1, 0.15) is 0 Å².